The van der Waals surface area contributed by atoms with Gasteiger partial charge in [-0.1, -0.05) is 30.3 Å². The van der Waals surface area contributed by atoms with Gasteiger partial charge in [-0.15, -0.1) is 0 Å². The summed E-state index contributed by atoms with van der Waals surface area (Å²) in [6.45, 7) is 0. The summed E-state index contributed by atoms with van der Waals surface area (Å²) in [6.07, 6.45) is 0. The van der Waals surface area contributed by atoms with Gasteiger partial charge in [-0.3, -0.25) is 9.59 Å². The van der Waals surface area contributed by atoms with Gasteiger partial charge in [-0.2, -0.15) is 11.3 Å². The Balaban J connectivity index is 2.42. The van der Waals surface area contributed by atoms with Crippen LogP contribution in [0.3, 0.4) is 0 Å². The van der Waals surface area contributed by atoms with Crippen LogP contribution in [0.2, 0.25) is 0 Å². The van der Waals surface area contributed by atoms with Crippen molar-refractivity contribution in [1.29, 1.82) is 0 Å². The summed E-state index contributed by atoms with van der Waals surface area (Å²) in [6, 6.07) is 8.81. The molecule has 16 heavy (non-hydrogen) atoms. The molecule has 0 spiro atoms. The molecule has 0 aliphatic carbocycles. The minimum atomic E-state index is -0.597. The van der Waals surface area contributed by atoms with E-state index >= 15 is 0 Å². The van der Waals surface area contributed by atoms with E-state index in [4.69, 9.17) is 11.6 Å². The highest BCUT2D eigenvalue weighted by atomic mass is 35.5. The van der Waals surface area contributed by atoms with Gasteiger partial charge < -0.3 is 0 Å². The minimum absolute atomic E-state index is 0.175. The van der Waals surface area contributed by atoms with Crippen molar-refractivity contribution in [2.24, 2.45) is 0 Å². The number of halogens is 1. The predicted molar refractivity (Wildman–Crippen MR) is 64.4 cm³/mol. The van der Waals surface area contributed by atoms with E-state index in [2.05, 4.69) is 0 Å². The topological polar surface area (TPSA) is 34.1 Å². The third-order valence-electron chi connectivity index (χ3n) is 2.15. The number of benzene rings is 1. The first kappa shape index (κ1) is 11.0. The quantitative estimate of drug-likeness (QED) is 0.618. The zero-order chi connectivity index (χ0) is 11.5. The Morgan fingerprint density at radius 3 is 2.25 bits per heavy atom. The second-order valence-electron chi connectivity index (χ2n) is 3.17. The zero-order valence-corrected chi connectivity index (χ0v) is 9.72. The van der Waals surface area contributed by atoms with Crippen LogP contribution in [0.5, 0.6) is 0 Å². The van der Waals surface area contributed by atoms with E-state index in [0.717, 1.165) is 0 Å². The van der Waals surface area contributed by atoms with Crippen LogP contribution in [0, 0.1) is 0 Å². The minimum Gasteiger partial charge on any atom is -0.289 e. The van der Waals surface area contributed by atoms with E-state index in [-0.39, 0.29) is 11.3 Å². The zero-order valence-electron chi connectivity index (χ0n) is 8.14. The standard InChI is InChI=1S/C12H7ClO2S/c13-12(15)10-7-16-6-9(10)11(14)8-4-2-1-3-5-8/h1-7H. The van der Waals surface area contributed by atoms with Crippen LogP contribution in [0.15, 0.2) is 41.1 Å². The largest absolute Gasteiger partial charge is 0.289 e. The lowest BCUT2D eigenvalue weighted by molar-refractivity contribution is 0.102. The highest BCUT2D eigenvalue weighted by Gasteiger charge is 2.17. The SMILES string of the molecule is O=C(Cl)c1cscc1C(=O)c1ccccc1. The Bertz CT molecular complexity index is 531. The predicted octanol–water partition coefficient (Wildman–Crippen LogP) is 3.36. The molecule has 0 amide bonds. The first-order valence-electron chi connectivity index (χ1n) is 4.56. The van der Waals surface area contributed by atoms with Crippen molar-refractivity contribution in [3.05, 3.63) is 57.8 Å². The molecule has 1 aromatic heterocycles. The van der Waals surface area contributed by atoms with Crippen molar-refractivity contribution >= 4 is 34.0 Å². The number of ketones is 1. The molecule has 0 atom stereocenters. The molecule has 2 rings (SSSR count). The van der Waals surface area contributed by atoms with Gasteiger partial charge in [0.1, 0.15) is 0 Å². The molecule has 1 aromatic carbocycles. The lowest BCUT2D eigenvalue weighted by atomic mass is 10.0. The second kappa shape index (κ2) is 4.60. The van der Waals surface area contributed by atoms with Crippen molar-refractivity contribution < 1.29 is 9.59 Å². The van der Waals surface area contributed by atoms with Crippen LogP contribution in [-0.4, -0.2) is 11.0 Å². The van der Waals surface area contributed by atoms with E-state index in [9.17, 15) is 9.59 Å². The molecule has 0 saturated heterocycles. The molecule has 0 aliphatic rings. The van der Waals surface area contributed by atoms with E-state index in [1.165, 1.54) is 11.3 Å². The van der Waals surface area contributed by atoms with Crippen LogP contribution < -0.4 is 0 Å². The van der Waals surface area contributed by atoms with Crippen LogP contribution in [-0.2, 0) is 0 Å². The molecule has 0 fully saturated rings. The van der Waals surface area contributed by atoms with Crippen molar-refractivity contribution in [3.8, 4) is 0 Å². The Labute approximate surface area is 101 Å². The Morgan fingerprint density at radius 2 is 1.62 bits per heavy atom. The monoisotopic (exact) mass is 250 g/mol. The van der Waals surface area contributed by atoms with Gasteiger partial charge in [-0.05, 0) is 11.6 Å². The summed E-state index contributed by atoms with van der Waals surface area (Å²) in [5.74, 6) is -0.175. The fourth-order valence-electron chi connectivity index (χ4n) is 1.37. The molecule has 1 heterocycles. The number of thiophene rings is 1. The van der Waals surface area contributed by atoms with E-state index in [1.54, 1.807) is 35.0 Å². The van der Waals surface area contributed by atoms with Gasteiger partial charge in [0.2, 0.25) is 0 Å². The summed E-state index contributed by atoms with van der Waals surface area (Å²) in [5.41, 5.74) is 1.21. The summed E-state index contributed by atoms with van der Waals surface area (Å²) in [5, 5.41) is 2.64. The summed E-state index contributed by atoms with van der Waals surface area (Å²) in [4.78, 5) is 23.1. The molecule has 0 radical (unpaired) electrons. The second-order valence-corrected chi connectivity index (χ2v) is 4.25. The average Bonchev–Trinajstić information content (AvgIpc) is 2.78. The Morgan fingerprint density at radius 1 is 1.00 bits per heavy atom. The Kier molecular flexibility index (Phi) is 3.17. The number of hydrogen-bond donors (Lipinski definition) is 0. The normalized spacial score (nSPS) is 10.1. The van der Waals surface area contributed by atoms with Gasteiger partial charge in [0.05, 0.1) is 5.56 Å². The maximum atomic E-state index is 12.0. The van der Waals surface area contributed by atoms with E-state index in [1.807, 2.05) is 6.07 Å². The van der Waals surface area contributed by atoms with Crippen molar-refractivity contribution in [2.45, 2.75) is 0 Å². The fraction of sp³-hybridized carbons (Fsp3) is 0. The summed E-state index contributed by atoms with van der Waals surface area (Å²) >= 11 is 6.69. The molecule has 4 heteroatoms. The number of hydrogen-bond acceptors (Lipinski definition) is 3. The first-order valence-corrected chi connectivity index (χ1v) is 5.88. The molecular weight excluding hydrogens is 244 g/mol. The first-order chi connectivity index (χ1) is 7.70. The third-order valence-corrected chi connectivity index (χ3v) is 3.10. The molecule has 0 saturated carbocycles. The van der Waals surface area contributed by atoms with E-state index in [0.29, 0.717) is 11.1 Å². The van der Waals surface area contributed by atoms with Crippen molar-refractivity contribution in [3.63, 3.8) is 0 Å². The van der Waals surface area contributed by atoms with Gasteiger partial charge in [-0.25, -0.2) is 0 Å². The maximum Gasteiger partial charge on any atom is 0.253 e. The molecule has 0 N–H and O–H groups in total. The highest BCUT2D eigenvalue weighted by molar-refractivity contribution is 7.08. The number of rotatable bonds is 3. The van der Waals surface area contributed by atoms with Crippen LogP contribution in [0.25, 0.3) is 0 Å². The molecule has 0 unspecified atom stereocenters. The lowest BCUT2D eigenvalue weighted by Crippen LogP contribution is -2.04. The molecular formula is C12H7ClO2S. The molecule has 80 valence electrons. The maximum absolute atomic E-state index is 12.0. The molecule has 0 aliphatic heterocycles. The van der Waals surface area contributed by atoms with Crippen LogP contribution in [0.4, 0.5) is 0 Å². The number of carbonyl (C=O) groups excluding carboxylic acids is 2. The average molecular weight is 251 g/mol. The summed E-state index contributed by atoms with van der Waals surface area (Å²) in [7, 11) is 0. The molecule has 0 bridgehead atoms. The Hall–Kier alpha value is -1.45. The highest BCUT2D eigenvalue weighted by Crippen LogP contribution is 2.20. The van der Waals surface area contributed by atoms with Gasteiger partial charge in [0, 0.05) is 21.9 Å². The summed E-state index contributed by atoms with van der Waals surface area (Å²) < 4.78 is 0. The van der Waals surface area contributed by atoms with Crippen LogP contribution >= 0.6 is 22.9 Å². The lowest BCUT2D eigenvalue weighted by Gasteiger charge is -1.99. The van der Waals surface area contributed by atoms with Crippen molar-refractivity contribution in [1.82, 2.24) is 0 Å². The smallest absolute Gasteiger partial charge is 0.253 e. The molecule has 2 aromatic rings. The van der Waals surface area contributed by atoms with Crippen molar-refractivity contribution in [2.75, 3.05) is 0 Å². The molecule has 2 nitrogen and oxygen atoms in total. The van der Waals surface area contributed by atoms with Crippen LogP contribution in [0.1, 0.15) is 26.3 Å². The van der Waals surface area contributed by atoms with Gasteiger partial charge >= 0.3 is 0 Å². The fourth-order valence-corrected chi connectivity index (χ4v) is 2.40. The third kappa shape index (κ3) is 2.05. The number of carbonyl (C=O) groups is 2. The van der Waals surface area contributed by atoms with E-state index < -0.39 is 5.24 Å². The van der Waals surface area contributed by atoms with Gasteiger partial charge in [0.15, 0.2) is 5.78 Å². The van der Waals surface area contributed by atoms with Gasteiger partial charge in [0.25, 0.3) is 5.24 Å².